The van der Waals surface area contributed by atoms with Gasteiger partial charge in [0.25, 0.3) is 0 Å². The van der Waals surface area contributed by atoms with Crippen LogP contribution < -0.4 is 5.32 Å². The fourth-order valence-electron chi connectivity index (χ4n) is 1.04. The minimum absolute atomic E-state index is 1.22. The maximum Gasteiger partial charge on any atom is 0.105 e. The Morgan fingerprint density at radius 1 is 0.933 bits per heavy atom. The third-order valence-corrected chi connectivity index (χ3v) is 1.74. The molecule has 1 aliphatic rings. The van der Waals surface area contributed by atoms with Crippen LogP contribution in [0.3, 0.4) is 0 Å². The molecule has 15 heavy (non-hydrogen) atoms. The molecule has 0 spiro atoms. The van der Waals surface area contributed by atoms with Crippen molar-refractivity contribution in [3.63, 3.8) is 0 Å². The first-order valence-corrected chi connectivity index (χ1v) is 4.82. The van der Waals surface area contributed by atoms with Crippen LogP contribution in [0.1, 0.15) is 0 Å². The standard InChI is InChI=1S/C13H14N2/c14-10-7-5-3-1-2-4-6-8-13-9-11-15-12-13/h1-12,14-15H/p+1/b3-1+,4-2+,7-5+,8-6+,14-10?. The Bertz CT molecular complexity index is 366. The second-order valence-corrected chi connectivity index (χ2v) is 2.90. The van der Waals surface area contributed by atoms with Crippen LogP contribution in [0.5, 0.6) is 0 Å². The molecule has 0 aliphatic carbocycles. The molecule has 1 aliphatic heterocycles. The molecule has 1 heterocycles. The SMILES string of the molecule is N=C/C=C/C=C/C=C/C=C/C1=C[NH2+]C=C1. The molecule has 76 valence electrons. The van der Waals surface area contributed by atoms with Gasteiger partial charge in [0.1, 0.15) is 6.20 Å². The fourth-order valence-corrected chi connectivity index (χ4v) is 1.04. The van der Waals surface area contributed by atoms with Gasteiger partial charge in [-0.2, -0.15) is 0 Å². The van der Waals surface area contributed by atoms with Gasteiger partial charge in [0.2, 0.25) is 0 Å². The molecule has 0 amide bonds. The van der Waals surface area contributed by atoms with Crippen molar-refractivity contribution in [1.82, 2.24) is 0 Å². The first-order valence-electron chi connectivity index (χ1n) is 4.82. The lowest BCUT2D eigenvalue weighted by Crippen LogP contribution is -2.69. The minimum Gasteiger partial charge on any atom is -0.309 e. The van der Waals surface area contributed by atoms with E-state index in [0.717, 1.165) is 0 Å². The first kappa shape index (κ1) is 11.1. The van der Waals surface area contributed by atoms with E-state index >= 15 is 0 Å². The number of quaternary nitrogens is 1. The lowest BCUT2D eigenvalue weighted by Gasteiger charge is -1.79. The summed E-state index contributed by atoms with van der Waals surface area (Å²) in [4.78, 5) is 0. The molecule has 0 radical (unpaired) electrons. The van der Waals surface area contributed by atoms with Crippen molar-refractivity contribution in [2.24, 2.45) is 0 Å². The zero-order chi connectivity index (χ0) is 10.8. The van der Waals surface area contributed by atoms with Gasteiger partial charge in [0, 0.05) is 17.9 Å². The number of nitrogens with one attached hydrogen (secondary N) is 1. The Hall–Kier alpha value is -1.93. The topological polar surface area (TPSA) is 40.5 Å². The van der Waals surface area contributed by atoms with Crippen LogP contribution in [0, 0.1) is 5.41 Å². The number of rotatable bonds is 5. The largest absolute Gasteiger partial charge is 0.309 e. The molecule has 1 rings (SSSR count). The normalized spacial score (nSPS) is 16.4. The van der Waals surface area contributed by atoms with Crippen molar-refractivity contribution >= 4 is 6.21 Å². The predicted octanol–water partition coefficient (Wildman–Crippen LogP) is 1.84. The summed E-state index contributed by atoms with van der Waals surface area (Å²) in [5, 5.41) is 8.77. The first-order chi connectivity index (χ1) is 7.43. The van der Waals surface area contributed by atoms with Crippen LogP contribution in [-0.2, 0) is 0 Å². The van der Waals surface area contributed by atoms with Crippen LogP contribution in [0.15, 0.2) is 72.7 Å². The third kappa shape index (κ3) is 5.39. The summed E-state index contributed by atoms with van der Waals surface area (Å²) in [6.45, 7) is 0. The molecule has 3 N–H and O–H groups in total. The number of hydrogen-bond acceptors (Lipinski definition) is 1. The zero-order valence-electron chi connectivity index (χ0n) is 8.51. The van der Waals surface area contributed by atoms with E-state index < -0.39 is 0 Å². The summed E-state index contributed by atoms with van der Waals surface area (Å²) in [5.41, 5.74) is 1.22. The number of nitrogens with two attached hydrogens (primary N) is 1. The van der Waals surface area contributed by atoms with E-state index in [1.807, 2.05) is 48.0 Å². The van der Waals surface area contributed by atoms with Gasteiger partial charge < -0.3 is 5.41 Å². The molecule has 0 saturated heterocycles. The Morgan fingerprint density at radius 3 is 2.20 bits per heavy atom. The summed E-state index contributed by atoms with van der Waals surface area (Å²) < 4.78 is 0. The van der Waals surface area contributed by atoms with Crippen molar-refractivity contribution in [1.29, 1.82) is 5.41 Å². The van der Waals surface area contributed by atoms with Gasteiger partial charge in [-0.25, -0.2) is 0 Å². The van der Waals surface area contributed by atoms with E-state index in [4.69, 9.17) is 5.41 Å². The second kappa shape index (κ2) is 7.47. The lowest BCUT2D eigenvalue weighted by molar-refractivity contribution is -0.510. The Kier molecular flexibility index (Phi) is 5.55. The average Bonchev–Trinajstić information content (AvgIpc) is 2.75. The van der Waals surface area contributed by atoms with Crippen LogP contribution >= 0.6 is 0 Å². The van der Waals surface area contributed by atoms with Crippen molar-refractivity contribution in [3.05, 3.63) is 72.7 Å². The maximum atomic E-state index is 6.75. The Labute approximate surface area is 90.2 Å². The van der Waals surface area contributed by atoms with Gasteiger partial charge in [-0.05, 0) is 12.2 Å². The van der Waals surface area contributed by atoms with Crippen LogP contribution in [0.25, 0.3) is 0 Å². The number of allylic oxidation sites excluding steroid dienone is 10. The zero-order valence-corrected chi connectivity index (χ0v) is 8.51. The third-order valence-electron chi connectivity index (χ3n) is 1.74. The highest BCUT2D eigenvalue weighted by Crippen LogP contribution is 1.98. The summed E-state index contributed by atoms with van der Waals surface area (Å²) in [6, 6.07) is 0. The summed E-state index contributed by atoms with van der Waals surface area (Å²) >= 11 is 0. The Balaban J connectivity index is 2.27. The predicted molar refractivity (Wildman–Crippen MR) is 64.5 cm³/mol. The van der Waals surface area contributed by atoms with Crippen molar-refractivity contribution in [2.75, 3.05) is 0 Å². The molecule has 0 saturated carbocycles. The van der Waals surface area contributed by atoms with Crippen molar-refractivity contribution in [3.8, 4) is 0 Å². The van der Waals surface area contributed by atoms with E-state index in [0.29, 0.717) is 0 Å². The highest BCUT2D eigenvalue weighted by atomic mass is 14.8. The summed E-state index contributed by atoms with van der Waals surface area (Å²) in [5.74, 6) is 0. The van der Waals surface area contributed by atoms with Crippen molar-refractivity contribution in [2.45, 2.75) is 0 Å². The lowest BCUT2D eigenvalue weighted by atomic mass is 10.2. The summed E-state index contributed by atoms with van der Waals surface area (Å²) in [7, 11) is 0. The Morgan fingerprint density at radius 2 is 1.60 bits per heavy atom. The van der Waals surface area contributed by atoms with Gasteiger partial charge in [-0.3, -0.25) is 5.32 Å². The molecular formula is C13H15N2+. The molecule has 2 nitrogen and oxygen atoms in total. The highest BCUT2D eigenvalue weighted by molar-refractivity contribution is 5.68. The highest BCUT2D eigenvalue weighted by Gasteiger charge is 1.93. The van der Waals surface area contributed by atoms with E-state index in [9.17, 15) is 0 Å². The monoisotopic (exact) mass is 199 g/mol. The van der Waals surface area contributed by atoms with E-state index in [2.05, 4.69) is 18.4 Å². The molecule has 0 aromatic carbocycles. The van der Waals surface area contributed by atoms with Gasteiger partial charge in [0.15, 0.2) is 0 Å². The van der Waals surface area contributed by atoms with Gasteiger partial charge >= 0.3 is 0 Å². The smallest absolute Gasteiger partial charge is 0.105 e. The molecule has 2 heteroatoms. The molecule has 0 bridgehead atoms. The molecule has 0 atom stereocenters. The van der Waals surface area contributed by atoms with Crippen LogP contribution in [0.4, 0.5) is 0 Å². The van der Waals surface area contributed by atoms with Gasteiger partial charge in [0.05, 0.1) is 6.20 Å². The maximum absolute atomic E-state index is 6.75. The van der Waals surface area contributed by atoms with Gasteiger partial charge in [-0.15, -0.1) is 0 Å². The number of hydrogen-bond donors (Lipinski definition) is 2. The molecular weight excluding hydrogens is 184 g/mol. The van der Waals surface area contributed by atoms with E-state index in [1.54, 1.807) is 6.08 Å². The quantitative estimate of drug-likeness (QED) is 0.501. The van der Waals surface area contributed by atoms with Crippen LogP contribution in [-0.4, -0.2) is 6.21 Å². The van der Waals surface area contributed by atoms with Crippen molar-refractivity contribution < 1.29 is 5.32 Å². The van der Waals surface area contributed by atoms with E-state index in [-0.39, 0.29) is 0 Å². The molecule has 0 aromatic rings. The molecule has 0 aromatic heterocycles. The van der Waals surface area contributed by atoms with E-state index in [1.165, 1.54) is 11.8 Å². The molecule has 0 unspecified atom stereocenters. The fraction of sp³-hybridized carbons (Fsp3) is 0. The molecule has 0 fully saturated rings. The average molecular weight is 199 g/mol. The second-order valence-electron chi connectivity index (χ2n) is 2.90. The summed E-state index contributed by atoms with van der Waals surface area (Å²) in [6.07, 6.45) is 22.7. The van der Waals surface area contributed by atoms with Gasteiger partial charge in [-0.1, -0.05) is 36.5 Å². The van der Waals surface area contributed by atoms with Crippen LogP contribution in [0.2, 0.25) is 0 Å². The minimum atomic E-state index is 1.22.